The number of likely N-dealkylation sites (tertiary alicyclic amines) is 1. The fourth-order valence-electron chi connectivity index (χ4n) is 2.82. The van der Waals surface area contributed by atoms with Crippen LogP contribution in [0.3, 0.4) is 0 Å². The first-order chi connectivity index (χ1) is 12.1. The van der Waals surface area contributed by atoms with Crippen molar-refractivity contribution in [1.29, 1.82) is 0 Å². The number of nitrogens with zero attached hydrogens (tertiary/aromatic N) is 2. The Hall–Kier alpha value is -2.27. The number of amides is 1. The number of pyridine rings is 1. The zero-order valence-corrected chi connectivity index (χ0v) is 14.9. The number of hydrogen-bond acceptors (Lipinski definition) is 4. The molecule has 0 N–H and O–H groups in total. The molecule has 2 heterocycles. The lowest BCUT2D eigenvalue weighted by Gasteiger charge is -2.33. The maximum Gasteiger partial charge on any atom is 0.263 e. The first-order valence-corrected chi connectivity index (χ1v) is 8.79. The molecule has 1 aromatic heterocycles. The zero-order valence-electron chi connectivity index (χ0n) is 14.1. The lowest BCUT2D eigenvalue weighted by Crippen LogP contribution is -2.46. The van der Waals surface area contributed by atoms with Crippen LogP contribution in [-0.2, 0) is 4.79 Å². The topological polar surface area (TPSA) is 51.7 Å². The average molecular weight is 361 g/mol. The summed E-state index contributed by atoms with van der Waals surface area (Å²) in [6, 6.07) is 12.9. The molecule has 3 rings (SSSR count). The Morgan fingerprint density at radius 2 is 1.92 bits per heavy atom. The number of para-hydroxylation sites is 1. The normalized spacial score (nSPS) is 16.3. The van der Waals surface area contributed by atoms with Gasteiger partial charge in [0.15, 0.2) is 6.10 Å². The summed E-state index contributed by atoms with van der Waals surface area (Å²) < 4.78 is 11.6. The van der Waals surface area contributed by atoms with Crippen molar-refractivity contribution in [2.45, 2.75) is 32.0 Å². The van der Waals surface area contributed by atoms with Crippen molar-refractivity contribution in [1.82, 2.24) is 9.88 Å². The monoisotopic (exact) mass is 360 g/mol. The van der Waals surface area contributed by atoms with E-state index < -0.39 is 6.10 Å². The Kier molecular flexibility index (Phi) is 5.76. The van der Waals surface area contributed by atoms with Crippen LogP contribution >= 0.6 is 11.6 Å². The Labute approximate surface area is 152 Å². The molecule has 6 heteroatoms. The van der Waals surface area contributed by atoms with Crippen LogP contribution in [0.5, 0.6) is 11.6 Å². The minimum absolute atomic E-state index is 0.00169. The molecule has 0 aliphatic carbocycles. The molecule has 0 bridgehead atoms. The molecule has 1 saturated heterocycles. The maximum absolute atomic E-state index is 12.5. The van der Waals surface area contributed by atoms with Gasteiger partial charge >= 0.3 is 0 Å². The lowest BCUT2D eigenvalue weighted by atomic mass is 10.1. The molecular formula is C19H21ClN2O3. The number of piperidine rings is 1. The second kappa shape index (κ2) is 8.21. The Morgan fingerprint density at radius 1 is 1.20 bits per heavy atom. The molecule has 0 unspecified atom stereocenters. The Bertz CT molecular complexity index is 703. The van der Waals surface area contributed by atoms with E-state index in [2.05, 4.69) is 4.98 Å². The van der Waals surface area contributed by atoms with Crippen LogP contribution in [0.4, 0.5) is 0 Å². The molecule has 1 aromatic carbocycles. The van der Waals surface area contributed by atoms with E-state index >= 15 is 0 Å². The molecule has 1 atom stereocenters. The quantitative estimate of drug-likeness (QED) is 0.817. The average Bonchev–Trinajstić information content (AvgIpc) is 2.64. The summed E-state index contributed by atoms with van der Waals surface area (Å²) in [6.07, 6.45) is 2.66. The van der Waals surface area contributed by atoms with Gasteiger partial charge in [-0.1, -0.05) is 29.8 Å². The van der Waals surface area contributed by atoms with Crippen LogP contribution in [0.25, 0.3) is 0 Å². The van der Waals surface area contributed by atoms with Gasteiger partial charge in [0.05, 0.1) is 0 Å². The van der Waals surface area contributed by atoms with Crippen LogP contribution in [-0.4, -0.2) is 41.1 Å². The van der Waals surface area contributed by atoms with Crippen LogP contribution in [0, 0.1) is 0 Å². The summed E-state index contributed by atoms with van der Waals surface area (Å²) in [5.74, 6) is 1.15. The summed E-state index contributed by atoms with van der Waals surface area (Å²) in [5.41, 5.74) is 0. The third kappa shape index (κ3) is 4.63. The number of carbonyl (C=O) groups is 1. The second-order valence-electron chi connectivity index (χ2n) is 6.01. The third-order valence-corrected chi connectivity index (χ3v) is 4.45. The van der Waals surface area contributed by atoms with E-state index in [4.69, 9.17) is 21.1 Å². The summed E-state index contributed by atoms with van der Waals surface area (Å²) in [7, 11) is 0. The van der Waals surface area contributed by atoms with Gasteiger partial charge < -0.3 is 14.4 Å². The largest absolute Gasteiger partial charge is 0.481 e. The minimum Gasteiger partial charge on any atom is -0.481 e. The van der Waals surface area contributed by atoms with Crippen molar-refractivity contribution in [2.24, 2.45) is 0 Å². The van der Waals surface area contributed by atoms with Crippen LogP contribution in [0.1, 0.15) is 19.8 Å². The van der Waals surface area contributed by atoms with E-state index in [1.807, 2.05) is 35.2 Å². The van der Waals surface area contributed by atoms with Gasteiger partial charge in [0.2, 0.25) is 5.88 Å². The molecule has 25 heavy (non-hydrogen) atoms. The number of rotatable bonds is 5. The highest BCUT2D eigenvalue weighted by atomic mass is 35.5. The van der Waals surface area contributed by atoms with Crippen LogP contribution < -0.4 is 9.47 Å². The fraction of sp³-hybridized carbons (Fsp3) is 0.368. The van der Waals surface area contributed by atoms with Crippen molar-refractivity contribution in [2.75, 3.05) is 13.1 Å². The maximum atomic E-state index is 12.5. The predicted molar refractivity (Wildman–Crippen MR) is 96.0 cm³/mol. The van der Waals surface area contributed by atoms with Gasteiger partial charge in [-0.05, 0) is 31.2 Å². The van der Waals surface area contributed by atoms with Gasteiger partial charge in [-0.15, -0.1) is 0 Å². The molecule has 5 nitrogen and oxygen atoms in total. The summed E-state index contributed by atoms with van der Waals surface area (Å²) >= 11 is 6.07. The van der Waals surface area contributed by atoms with E-state index in [1.165, 1.54) is 0 Å². The minimum atomic E-state index is -0.509. The van der Waals surface area contributed by atoms with Gasteiger partial charge in [0.25, 0.3) is 5.91 Å². The van der Waals surface area contributed by atoms with Crippen molar-refractivity contribution in [3.8, 4) is 11.6 Å². The van der Waals surface area contributed by atoms with E-state index in [9.17, 15) is 4.79 Å². The number of carbonyl (C=O) groups excluding carboxylic acids is 1. The van der Waals surface area contributed by atoms with Gasteiger partial charge in [-0.2, -0.15) is 0 Å². The fourth-order valence-corrected chi connectivity index (χ4v) is 2.99. The molecule has 0 saturated carbocycles. The first kappa shape index (κ1) is 17.5. The van der Waals surface area contributed by atoms with Crippen LogP contribution in [0.15, 0.2) is 48.7 Å². The van der Waals surface area contributed by atoms with Crippen molar-refractivity contribution >= 4 is 17.5 Å². The van der Waals surface area contributed by atoms with E-state index in [0.29, 0.717) is 29.7 Å². The molecule has 1 aliphatic heterocycles. The summed E-state index contributed by atoms with van der Waals surface area (Å²) in [6.45, 7) is 3.05. The molecule has 1 fully saturated rings. The van der Waals surface area contributed by atoms with Crippen molar-refractivity contribution in [3.63, 3.8) is 0 Å². The van der Waals surface area contributed by atoms with Gasteiger partial charge in [0.1, 0.15) is 16.9 Å². The van der Waals surface area contributed by atoms with Gasteiger partial charge in [-0.3, -0.25) is 4.79 Å². The van der Waals surface area contributed by atoms with E-state index in [-0.39, 0.29) is 12.0 Å². The Morgan fingerprint density at radius 3 is 2.60 bits per heavy atom. The highest BCUT2D eigenvalue weighted by Crippen LogP contribution is 2.24. The Balaban J connectivity index is 1.50. The van der Waals surface area contributed by atoms with Gasteiger partial charge in [-0.25, -0.2) is 4.98 Å². The highest BCUT2D eigenvalue weighted by molar-refractivity contribution is 6.31. The molecule has 2 aromatic rings. The number of aromatic nitrogens is 1. The number of hydrogen-bond donors (Lipinski definition) is 0. The molecule has 1 aliphatic rings. The zero-order chi connectivity index (χ0) is 17.6. The van der Waals surface area contributed by atoms with Gasteiger partial charge in [0, 0.05) is 32.1 Å². The second-order valence-corrected chi connectivity index (χ2v) is 6.41. The number of benzene rings is 1. The molecule has 0 spiro atoms. The molecule has 0 radical (unpaired) electrons. The van der Waals surface area contributed by atoms with Crippen LogP contribution in [0.2, 0.25) is 5.02 Å². The molecule has 132 valence electrons. The SMILES string of the molecule is C[C@@H](Oc1ccccc1)C(=O)N1CCC(Oc2ncccc2Cl)CC1. The van der Waals surface area contributed by atoms with E-state index in [0.717, 1.165) is 12.8 Å². The number of halogens is 1. The third-order valence-electron chi connectivity index (χ3n) is 4.16. The van der Waals surface area contributed by atoms with E-state index in [1.54, 1.807) is 25.3 Å². The molecule has 1 amide bonds. The summed E-state index contributed by atoms with van der Waals surface area (Å²) in [5, 5.41) is 0.505. The standard InChI is InChI=1S/C19H21ClN2O3/c1-14(24-15-6-3-2-4-7-15)19(23)22-12-9-16(10-13-22)25-18-17(20)8-5-11-21-18/h2-8,11,14,16H,9-10,12-13H2,1H3/t14-/m1/s1. The number of ether oxygens (including phenoxy) is 2. The van der Waals surface area contributed by atoms with Crippen molar-refractivity contribution < 1.29 is 14.3 Å². The highest BCUT2D eigenvalue weighted by Gasteiger charge is 2.28. The molecular weight excluding hydrogens is 340 g/mol. The lowest BCUT2D eigenvalue weighted by molar-refractivity contribution is -0.139. The van der Waals surface area contributed by atoms with Crippen molar-refractivity contribution in [3.05, 3.63) is 53.7 Å². The first-order valence-electron chi connectivity index (χ1n) is 8.41. The summed E-state index contributed by atoms with van der Waals surface area (Å²) in [4.78, 5) is 18.5. The smallest absolute Gasteiger partial charge is 0.263 e. The predicted octanol–water partition coefficient (Wildman–Crippen LogP) is 3.57.